The zero-order chi connectivity index (χ0) is 17.6. The molecular formula is C20H23N3O2. The molecule has 1 saturated heterocycles. The summed E-state index contributed by atoms with van der Waals surface area (Å²) in [4.78, 5) is 25.9. The van der Waals surface area contributed by atoms with Gasteiger partial charge in [-0.1, -0.05) is 54.6 Å². The van der Waals surface area contributed by atoms with Crippen molar-refractivity contribution in [1.29, 1.82) is 0 Å². The van der Waals surface area contributed by atoms with Gasteiger partial charge < -0.3 is 10.6 Å². The van der Waals surface area contributed by atoms with Crippen molar-refractivity contribution in [3.63, 3.8) is 0 Å². The van der Waals surface area contributed by atoms with Gasteiger partial charge in [0.1, 0.15) is 0 Å². The van der Waals surface area contributed by atoms with E-state index in [4.69, 9.17) is 0 Å². The first-order valence-electron chi connectivity index (χ1n) is 8.54. The van der Waals surface area contributed by atoms with Crippen LogP contribution in [0.5, 0.6) is 0 Å². The van der Waals surface area contributed by atoms with E-state index in [0.29, 0.717) is 13.1 Å². The van der Waals surface area contributed by atoms with Gasteiger partial charge in [-0.2, -0.15) is 0 Å². The molecule has 0 spiro atoms. The van der Waals surface area contributed by atoms with Crippen molar-refractivity contribution in [2.45, 2.75) is 19.0 Å². The molecule has 1 aliphatic heterocycles. The van der Waals surface area contributed by atoms with Crippen molar-refractivity contribution in [2.24, 2.45) is 0 Å². The van der Waals surface area contributed by atoms with Crippen molar-refractivity contribution in [1.82, 2.24) is 15.5 Å². The van der Waals surface area contributed by atoms with Gasteiger partial charge in [-0.3, -0.25) is 14.5 Å². The van der Waals surface area contributed by atoms with Crippen LogP contribution in [0.15, 0.2) is 54.6 Å². The molecule has 5 heteroatoms. The minimum Gasteiger partial charge on any atom is -0.359 e. The van der Waals surface area contributed by atoms with Crippen LogP contribution in [0.25, 0.3) is 11.1 Å². The van der Waals surface area contributed by atoms with Crippen LogP contribution >= 0.6 is 0 Å². The lowest BCUT2D eigenvalue weighted by atomic mass is 10.0. The summed E-state index contributed by atoms with van der Waals surface area (Å²) in [5.41, 5.74) is 3.49. The third kappa shape index (κ3) is 4.25. The molecule has 0 bridgehead atoms. The Balaban J connectivity index is 1.71. The van der Waals surface area contributed by atoms with Gasteiger partial charge in [-0.25, -0.2) is 0 Å². The van der Waals surface area contributed by atoms with Gasteiger partial charge in [-0.05, 0) is 16.7 Å². The van der Waals surface area contributed by atoms with Crippen LogP contribution in [0.1, 0.15) is 12.0 Å². The number of amides is 2. The maximum absolute atomic E-state index is 12.2. The van der Waals surface area contributed by atoms with E-state index in [2.05, 4.69) is 51.9 Å². The van der Waals surface area contributed by atoms with Crippen LogP contribution in [0, 0.1) is 0 Å². The first kappa shape index (κ1) is 17.2. The van der Waals surface area contributed by atoms with Gasteiger partial charge in [0.15, 0.2) is 0 Å². The normalized spacial score (nSPS) is 17.8. The zero-order valence-corrected chi connectivity index (χ0v) is 14.4. The Morgan fingerprint density at radius 3 is 2.48 bits per heavy atom. The van der Waals surface area contributed by atoms with Crippen molar-refractivity contribution >= 4 is 11.8 Å². The molecule has 25 heavy (non-hydrogen) atoms. The third-order valence-corrected chi connectivity index (χ3v) is 4.55. The molecule has 0 saturated carbocycles. The quantitative estimate of drug-likeness (QED) is 0.874. The summed E-state index contributed by atoms with van der Waals surface area (Å²) in [5, 5.41) is 5.44. The van der Waals surface area contributed by atoms with Crippen molar-refractivity contribution in [3.05, 3.63) is 60.2 Å². The van der Waals surface area contributed by atoms with Gasteiger partial charge in [-0.15, -0.1) is 0 Å². The van der Waals surface area contributed by atoms with Gasteiger partial charge in [0.2, 0.25) is 11.8 Å². The number of benzene rings is 2. The Bertz CT molecular complexity index is 728. The highest BCUT2D eigenvalue weighted by Crippen LogP contribution is 2.21. The molecule has 2 aromatic rings. The lowest BCUT2D eigenvalue weighted by Crippen LogP contribution is -2.55. The van der Waals surface area contributed by atoms with Gasteiger partial charge in [0.05, 0.1) is 12.5 Å². The second-order valence-electron chi connectivity index (χ2n) is 6.22. The van der Waals surface area contributed by atoms with Crippen LogP contribution in [0.3, 0.4) is 0 Å². The van der Waals surface area contributed by atoms with Gasteiger partial charge in [0, 0.05) is 26.7 Å². The fourth-order valence-corrected chi connectivity index (χ4v) is 3.12. The average molecular weight is 337 g/mol. The molecule has 2 aromatic carbocycles. The number of nitrogens with zero attached hydrogens (tertiary/aromatic N) is 1. The zero-order valence-electron chi connectivity index (χ0n) is 14.4. The SMILES string of the molecule is CNC(=O)C[C@H]1C(=O)NCCN1Cc1ccc(-c2ccccc2)cc1. The standard InChI is InChI=1S/C20H23N3O2/c1-21-19(24)13-18-20(25)22-11-12-23(18)14-15-7-9-17(10-8-15)16-5-3-2-4-6-16/h2-10,18H,11-14H2,1H3,(H,21,24)(H,22,25)/t18-/m0/s1. The van der Waals surface area contributed by atoms with E-state index in [-0.39, 0.29) is 18.2 Å². The van der Waals surface area contributed by atoms with Crippen LogP contribution in [-0.2, 0) is 16.1 Å². The maximum Gasteiger partial charge on any atom is 0.237 e. The minimum atomic E-state index is -0.414. The summed E-state index contributed by atoms with van der Waals surface area (Å²) >= 11 is 0. The fourth-order valence-electron chi connectivity index (χ4n) is 3.12. The summed E-state index contributed by atoms with van der Waals surface area (Å²) in [6.45, 7) is 2.02. The summed E-state index contributed by atoms with van der Waals surface area (Å²) in [6.07, 6.45) is 0.185. The molecule has 1 fully saturated rings. The Morgan fingerprint density at radius 1 is 1.12 bits per heavy atom. The van der Waals surface area contributed by atoms with Crippen LogP contribution in [0.2, 0.25) is 0 Å². The van der Waals surface area contributed by atoms with Crippen molar-refractivity contribution < 1.29 is 9.59 Å². The van der Waals surface area contributed by atoms with E-state index >= 15 is 0 Å². The van der Waals surface area contributed by atoms with E-state index in [0.717, 1.165) is 12.1 Å². The molecule has 2 amide bonds. The first-order chi connectivity index (χ1) is 12.2. The Kier molecular flexibility index (Phi) is 5.46. The topological polar surface area (TPSA) is 61.4 Å². The number of hydrogen-bond donors (Lipinski definition) is 2. The number of nitrogens with one attached hydrogen (secondary N) is 2. The molecule has 1 atom stereocenters. The molecule has 0 aromatic heterocycles. The predicted molar refractivity (Wildman–Crippen MR) is 97.8 cm³/mol. The number of piperazine rings is 1. The molecule has 0 aliphatic carbocycles. The molecule has 1 aliphatic rings. The molecule has 1 heterocycles. The van der Waals surface area contributed by atoms with Crippen LogP contribution in [-0.4, -0.2) is 42.9 Å². The Labute approximate surface area is 148 Å². The summed E-state index contributed by atoms with van der Waals surface area (Å²) in [7, 11) is 1.59. The highest BCUT2D eigenvalue weighted by molar-refractivity contribution is 5.88. The van der Waals surface area contributed by atoms with Gasteiger partial charge >= 0.3 is 0 Å². The van der Waals surface area contributed by atoms with Crippen molar-refractivity contribution in [2.75, 3.05) is 20.1 Å². The number of hydrogen-bond acceptors (Lipinski definition) is 3. The van der Waals surface area contributed by atoms with E-state index in [1.807, 2.05) is 18.2 Å². The van der Waals surface area contributed by atoms with E-state index in [9.17, 15) is 9.59 Å². The lowest BCUT2D eigenvalue weighted by molar-refractivity contribution is -0.134. The maximum atomic E-state index is 12.2. The average Bonchev–Trinajstić information content (AvgIpc) is 2.65. The second-order valence-corrected chi connectivity index (χ2v) is 6.22. The van der Waals surface area contributed by atoms with Crippen LogP contribution in [0.4, 0.5) is 0 Å². The van der Waals surface area contributed by atoms with Crippen LogP contribution < -0.4 is 10.6 Å². The highest BCUT2D eigenvalue weighted by atomic mass is 16.2. The van der Waals surface area contributed by atoms with E-state index in [1.165, 1.54) is 11.1 Å². The van der Waals surface area contributed by atoms with Crippen molar-refractivity contribution in [3.8, 4) is 11.1 Å². The van der Waals surface area contributed by atoms with E-state index < -0.39 is 6.04 Å². The smallest absolute Gasteiger partial charge is 0.237 e. The molecule has 130 valence electrons. The lowest BCUT2D eigenvalue weighted by Gasteiger charge is -2.34. The summed E-state index contributed by atoms with van der Waals surface area (Å²) in [5.74, 6) is -0.192. The number of rotatable bonds is 5. The number of carbonyl (C=O) groups excluding carboxylic acids is 2. The van der Waals surface area contributed by atoms with E-state index in [1.54, 1.807) is 7.05 Å². The second kappa shape index (κ2) is 7.94. The molecular weight excluding hydrogens is 314 g/mol. The predicted octanol–water partition coefficient (Wildman–Crippen LogP) is 1.79. The first-order valence-corrected chi connectivity index (χ1v) is 8.54. The molecule has 2 N–H and O–H groups in total. The molecule has 5 nitrogen and oxygen atoms in total. The fraction of sp³-hybridized carbons (Fsp3) is 0.300. The molecule has 0 unspecified atom stereocenters. The largest absolute Gasteiger partial charge is 0.359 e. The third-order valence-electron chi connectivity index (χ3n) is 4.55. The summed E-state index contributed by atoms with van der Waals surface area (Å²) < 4.78 is 0. The minimum absolute atomic E-state index is 0.0734. The van der Waals surface area contributed by atoms with Gasteiger partial charge in [0.25, 0.3) is 0 Å². The highest BCUT2D eigenvalue weighted by Gasteiger charge is 2.31. The molecule has 3 rings (SSSR count). The summed E-state index contributed by atoms with van der Waals surface area (Å²) in [6, 6.07) is 18.2. The monoisotopic (exact) mass is 337 g/mol. The Hall–Kier alpha value is -2.66. The molecule has 0 radical (unpaired) electrons. The number of carbonyl (C=O) groups is 2. The Morgan fingerprint density at radius 2 is 1.80 bits per heavy atom.